The first-order valence-corrected chi connectivity index (χ1v) is 8.96. The topological polar surface area (TPSA) is 33.5 Å². The van der Waals surface area contributed by atoms with Gasteiger partial charge in [-0.15, -0.1) is 22.7 Å². The van der Waals surface area contributed by atoms with Gasteiger partial charge in [-0.2, -0.15) is 0 Å². The molecule has 1 amide bonds. The second-order valence-electron chi connectivity index (χ2n) is 5.12. The minimum absolute atomic E-state index is 0.00215. The Kier molecular flexibility index (Phi) is 3.56. The zero-order chi connectivity index (χ0) is 15.1. The Morgan fingerprint density at radius 2 is 2.23 bits per heavy atom. The molecule has 1 atom stereocenters. The summed E-state index contributed by atoms with van der Waals surface area (Å²) in [5.74, 6) is 0.00215. The zero-order valence-corrected chi connectivity index (χ0v) is 13.9. The number of nitrogens with zero attached hydrogens (tertiary/aromatic N) is 1. The largest absolute Gasteiger partial charge is 0.472 e. The third-order valence-corrected chi connectivity index (χ3v) is 6.15. The SMILES string of the molecule is O=C(c1ccoc1)N1CCc2ccsc2C1c1ccc(Cl)s1. The number of amides is 1. The van der Waals surface area contributed by atoms with Gasteiger partial charge < -0.3 is 9.32 Å². The predicted molar refractivity (Wildman–Crippen MR) is 88.9 cm³/mol. The molecule has 0 fully saturated rings. The lowest BCUT2D eigenvalue weighted by Gasteiger charge is -2.35. The molecule has 3 nitrogen and oxygen atoms in total. The lowest BCUT2D eigenvalue weighted by atomic mass is 9.99. The van der Waals surface area contributed by atoms with Gasteiger partial charge in [0.25, 0.3) is 5.91 Å². The smallest absolute Gasteiger partial charge is 0.257 e. The molecule has 0 radical (unpaired) electrons. The molecule has 4 heterocycles. The fraction of sp³-hybridized carbons (Fsp3) is 0.188. The molecule has 1 unspecified atom stereocenters. The highest BCUT2D eigenvalue weighted by Crippen LogP contribution is 2.42. The summed E-state index contributed by atoms with van der Waals surface area (Å²) in [7, 11) is 0. The molecule has 22 heavy (non-hydrogen) atoms. The zero-order valence-electron chi connectivity index (χ0n) is 11.5. The van der Waals surface area contributed by atoms with Crippen LogP contribution in [0.5, 0.6) is 0 Å². The van der Waals surface area contributed by atoms with Crippen LogP contribution in [0.15, 0.2) is 46.6 Å². The highest BCUT2D eigenvalue weighted by molar-refractivity contribution is 7.16. The van der Waals surface area contributed by atoms with Crippen LogP contribution in [0, 0.1) is 0 Å². The van der Waals surface area contributed by atoms with E-state index in [1.54, 1.807) is 17.4 Å². The Balaban J connectivity index is 1.79. The van der Waals surface area contributed by atoms with Gasteiger partial charge in [0.1, 0.15) is 12.3 Å². The molecule has 0 saturated heterocycles. The Hall–Kier alpha value is -1.56. The van der Waals surface area contributed by atoms with Crippen molar-refractivity contribution >= 4 is 40.2 Å². The molecule has 0 bridgehead atoms. The van der Waals surface area contributed by atoms with E-state index in [9.17, 15) is 4.79 Å². The molecule has 1 aliphatic heterocycles. The van der Waals surface area contributed by atoms with Crippen molar-refractivity contribution in [1.29, 1.82) is 0 Å². The van der Waals surface area contributed by atoms with Gasteiger partial charge in [0.05, 0.1) is 16.2 Å². The highest BCUT2D eigenvalue weighted by atomic mass is 35.5. The van der Waals surface area contributed by atoms with E-state index in [2.05, 4.69) is 11.4 Å². The van der Waals surface area contributed by atoms with Crippen molar-refractivity contribution in [1.82, 2.24) is 4.90 Å². The summed E-state index contributed by atoms with van der Waals surface area (Å²) in [6, 6.07) is 7.72. The Labute approximate surface area is 140 Å². The Morgan fingerprint density at radius 3 is 2.95 bits per heavy atom. The predicted octanol–water partition coefficient (Wildman–Crippen LogP) is 4.84. The summed E-state index contributed by atoms with van der Waals surface area (Å²) in [5.41, 5.74) is 1.92. The third kappa shape index (κ3) is 2.29. The van der Waals surface area contributed by atoms with E-state index in [-0.39, 0.29) is 11.9 Å². The lowest BCUT2D eigenvalue weighted by Crippen LogP contribution is -2.39. The minimum atomic E-state index is -0.0522. The molecule has 0 spiro atoms. The number of fused-ring (bicyclic) bond motifs is 1. The first-order chi connectivity index (χ1) is 10.7. The fourth-order valence-electron chi connectivity index (χ4n) is 2.83. The van der Waals surface area contributed by atoms with Crippen LogP contribution in [-0.4, -0.2) is 17.4 Å². The fourth-order valence-corrected chi connectivity index (χ4v) is 5.18. The first-order valence-electron chi connectivity index (χ1n) is 6.88. The minimum Gasteiger partial charge on any atom is -0.472 e. The number of halogens is 1. The molecule has 1 aliphatic rings. The van der Waals surface area contributed by atoms with Crippen LogP contribution in [0.2, 0.25) is 4.34 Å². The van der Waals surface area contributed by atoms with Crippen LogP contribution < -0.4 is 0 Å². The van der Waals surface area contributed by atoms with Crippen LogP contribution in [0.25, 0.3) is 0 Å². The summed E-state index contributed by atoms with van der Waals surface area (Å²) in [6.45, 7) is 0.702. The van der Waals surface area contributed by atoms with Gasteiger partial charge >= 0.3 is 0 Å². The first kappa shape index (κ1) is 14.1. The van der Waals surface area contributed by atoms with E-state index in [0.29, 0.717) is 12.1 Å². The van der Waals surface area contributed by atoms with E-state index in [1.807, 2.05) is 17.0 Å². The molecule has 0 saturated carbocycles. The highest BCUT2D eigenvalue weighted by Gasteiger charge is 2.34. The van der Waals surface area contributed by atoms with Crippen LogP contribution in [0.1, 0.15) is 31.7 Å². The van der Waals surface area contributed by atoms with Crippen molar-refractivity contribution in [2.24, 2.45) is 0 Å². The van der Waals surface area contributed by atoms with Crippen LogP contribution in [0.4, 0.5) is 0 Å². The summed E-state index contributed by atoms with van der Waals surface area (Å²) >= 11 is 9.35. The van der Waals surface area contributed by atoms with Gasteiger partial charge in [-0.3, -0.25) is 4.79 Å². The Morgan fingerprint density at radius 1 is 1.32 bits per heavy atom. The number of hydrogen-bond acceptors (Lipinski definition) is 4. The monoisotopic (exact) mass is 349 g/mol. The summed E-state index contributed by atoms with van der Waals surface area (Å²) in [4.78, 5) is 17.1. The van der Waals surface area contributed by atoms with Crippen LogP contribution >= 0.6 is 34.3 Å². The maximum absolute atomic E-state index is 12.8. The number of carbonyl (C=O) groups is 1. The van der Waals surface area contributed by atoms with Gasteiger partial charge in [0.15, 0.2) is 0 Å². The number of hydrogen-bond donors (Lipinski definition) is 0. The molecule has 112 valence electrons. The summed E-state index contributed by atoms with van der Waals surface area (Å²) < 4.78 is 5.81. The number of carbonyl (C=O) groups excluding carboxylic acids is 1. The van der Waals surface area contributed by atoms with E-state index in [1.165, 1.54) is 34.3 Å². The maximum atomic E-state index is 12.8. The van der Waals surface area contributed by atoms with Crippen molar-refractivity contribution in [3.8, 4) is 0 Å². The van der Waals surface area contributed by atoms with Crippen molar-refractivity contribution in [2.45, 2.75) is 12.5 Å². The summed E-state index contributed by atoms with van der Waals surface area (Å²) in [5, 5.41) is 2.10. The van der Waals surface area contributed by atoms with Crippen molar-refractivity contribution in [3.63, 3.8) is 0 Å². The van der Waals surface area contributed by atoms with E-state index >= 15 is 0 Å². The second kappa shape index (κ2) is 5.57. The maximum Gasteiger partial charge on any atom is 0.257 e. The van der Waals surface area contributed by atoms with E-state index in [0.717, 1.165) is 15.6 Å². The molecule has 0 aromatic carbocycles. The van der Waals surface area contributed by atoms with Gasteiger partial charge in [0.2, 0.25) is 0 Å². The van der Waals surface area contributed by atoms with Gasteiger partial charge in [-0.05, 0) is 41.6 Å². The van der Waals surface area contributed by atoms with Crippen molar-refractivity contribution in [3.05, 3.63) is 67.4 Å². The quantitative estimate of drug-likeness (QED) is 0.663. The standard InChI is InChI=1S/C16H12ClNO2S2/c17-13-2-1-12(22-13)14-15-10(5-8-21-15)3-6-18(14)16(19)11-4-7-20-9-11/h1-2,4-5,7-9,14H,3,6H2. The van der Waals surface area contributed by atoms with Gasteiger partial charge in [-0.1, -0.05) is 11.6 Å². The number of furan rings is 1. The molecule has 0 aliphatic carbocycles. The molecule has 4 rings (SSSR count). The summed E-state index contributed by atoms with van der Waals surface area (Å²) in [6.07, 6.45) is 3.92. The van der Waals surface area contributed by atoms with Gasteiger partial charge in [0, 0.05) is 16.3 Å². The Bertz CT molecular complexity index is 806. The average Bonchev–Trinajstić information content (AvgIpc) is 3.26. The average molecular weight is 350 g/mol. The molecule has 3 aromatic rings. The molecule has 6 heteroatoms. The molecule has 3 aromatic heterocycles. The molecule has 0 N–H and O–H groups in total. The normalized spacial score (nSPS) is 17.5. The van der Waals surface area contributed by atoms with Crippen LogP contribution in [0.3, 0.4) is 0 Å². The molecular weight excluding hydrogens is 338 g/mol. The van der Waals surface area contributed by atoms with Crippen molar-refractivity contribution in [2.75, 3.05) is 6.54 Å². The van der Waals surface area contributed by atoms with Gasteiger partial charge in [-0.25, -0.2) is 0 Å². The second-order valence-corrected chi connectivity index (χ2v) is 7.81. The number of rotatable bonds is 2. The third-order valence-electron chi connectivity index (χ3n) is 3.86. The lowest BCUT2D eigenvalue weighted by molar-refractivity contribution is 0.0700. The molecular formula is C16H12ClNO2S2. The van der Waals surface area contributed by atoms with Crippen molar-refractivity contribution < 1.29 is 9.21 Å². The number of thiophene rings is 2. The van der Waals surface area contributed by atoms with Crippen LogP contribution in [-0.2, 0) is 6.42 Å². The van der Waals surface area contributed by atoms with E-state index in [4.69, 9.17) is 16.0 Å². The van der Waals surface area contributed by atoms with E-state index < -0.39 is 0 Å².